The van der Waals surface area contributed by atoms with E-state index in [-0.39, 0.29) is 11.7 Å². The van der Waals surface area contributed by atoms with Gasteiger partial charge >= 0.3 is 0 Å². The van der Waals surface area contributed by atoms with Crippen LogP contribution in [0.2, 0.25) is 10.0 Å². The first-order valence-electron chi connectivity index (χ1n) is 5.43. The third kappa shape index (κ3) is 4.74. The maximum Gasteiger partial charge on any atom is 0.234 e. The van der Waals surface area contributed by atoms with Gasteiger partial charge in [-0.2, -0.15) is 0 Å². The molecule has 0 spiro atoms. The number of carbonyl (C=O) groups excluding carboxylic acids is 1. The second kappa shape index (κ2) is 6.80. The van der Waals surface area contributed by atoms with Gasteiger partial charge in [-0.1, -0.05) is 41.0 Å². The minimum absolute atomic E-state index is 0.107. The van der Waals surface area contributed by atoms with Crippen LogP contribution in [-0.4, -0.2) is 16.6 Å². The second-order valence-corrected chi connectivity index (χ2v) is 5.53. The smallest absolute Gasteiger partial charge is 0.234 e. The van der Waals surface area contributed by atoms with Crippen LogP contribution in [-0.2, 0) is 4.79 Å². The Bertz CT molecular complexity index is 575. The number of nitrogens with one attached hydrogen (secondary N) is 1. The molecule has 0 fully saturated rings. The van der Waals surface area contributed by atoms with E-state index in [9.17, 15) is 4.79 Å². The van der Waals surface area contributed by atoms with Crippen molar-refractivity contribution in [3.63, 3.8) is 0 Å². The molecule has 6 heteroatoms. The average Bonchev–Trinajstić information content (AvgIpc) is 2.38. The molecule has 2 aromatic rings. The van der Waals surface area contributed by atoms with E-state index in [4.69, 9.17) is 23.2 Å². The SMILES string of the molecule is O=C(CSc1ccc(Cl)cn1)Nc1cccc(Cl)c1. The lowest BCUT2D eigenvalue weighted by molar-refractivity contribution is -0.113. The van der Waals surface area contributed by atoms with Crippen molar-refractivity contribution in [3.05, 3.63) is 52.6 Å². The van der Waals surface area contributed by atoms with Gasteiger partial charge < -0.3 is 5.32 Å². The minimum Gasteiger partial charge on any atom is -0.325 e. The van der Waals surface area contributed by atoms with E-state index in [0.717, 1.165) is 5.03 Å². The lowest BCUT2D eigenvalue weighted by Gasteiger charge is -2.05. The highest BCUT2D eigenvalue weighted by atomic mass is 35.5. The van der Waals surface area contributed by atoms with E-state index in [1.165, 1.54) is 11.8 Å². The summed E-state index contributed by atoms with van der Waals surface area (Å²) in [4.78, 5) is 15.8. The number of benzene rings is 1. The molecule has 0 saturated carbocycles. The van der Waals surface area contributed by atoms with Gasteiger partial charge in [-0.05, 0) is 30.3 Å². The number of nitrogens with zero attached hydrogens (tertiary/aromatic N) is 1. The molecule has 0 aliphatic rings. The Hall–Kier alpha value is -1.23. The molecule has 2 rings (SSSR count). The van der Waals surface area contributed by atoms with Gasteiger partial charge in [0.15, 0.2) is 0 Å². The number of carbonyl (C=O) groups is 1. The zero-order valence-corrected chi connectivity index (χ0v) is 12.1. The van der Waals surface area contributed by atoms with Crippen molar-refractivity contribution >= 4 is 46.6 Å². The fourth-order valence-electron chi connectivity index (χ4n) is 1.35. The molecule has 1 aromatic carbocycles. The van der Waals surface area contributed by atoms with Gasteiger partial charge in [-0.3, -0.25) is 4.79 Å². The van der Waals surface area contributed by atoms with Crippen LogP contribution < -0.4 is 5.32 Å². The van der Waals surface area contributed by atoms with Gasteiger partial charge in [-0.15, -0.1) is 0 Å². The normalized spacial score (nSPS) is 10.2. The average molecular weight is 313 g/mol. The number of hydrogen-bond donors (Lipinski definition) is 1. The third-order valence-corrected chi connectivity index (χ3v) is 3.56. The van der Waals surface area contributed by atoms with E-state index in [0.29, 0.717) is 15.7 Å². The fourth-order valence-corrected chi connectivity index (χ4v) is 2.30. The first kappa shape index (κ1) is 14.2. The van der Waals surface area contributed by atoms with Gasteiger partial charge in [0.1, 0.15) is 0 Å². The van der Waals surface area contributed by atoms with Crippen molar-refractivity contribution < 1.29 is 4.79 Å². The number of rotatable bonds is 4. The highest BCUT2D eigenvalue weighted by molar-refractivity contribution is 7.99. The van der Waals surface area contributed by atoms with E-state index in [1.807, 2.05) is 0 Å². The molecule has 19 heavy (non-hydrogen) atoms. The van der Waals surface area contributed by atoms with Gasteiger partial charge in [-0.25, -0.2) is 4.98 Å². The lowest BCUT2D eigenvalue weighted by atomic mass is 10.3. The predicted octanol–water partition coefficient (Wildman–Crippen LogP) is 4.12. The molecule has 1 aromatic heterocycles. The highest BCUT2D eigenvalue weighted by Gasteiger charge is 2.04. The number of amides is 1. The topological polar surface area (TPSA) is 42.0 Å². The molecular weight excluding hydrogens is 303 g/mol. The number of thioether (sulfide) groups is 1. The molecule has 0 aliphatic heterocycles. The Morgan fingerprint density at radius 2 is 2.05 bits per heavy atom. The molecule has 1 N–H and O–H groups in total. The molecule has 0 radical (unpaired) electrons. The van der Waals surface area contributed by atoms with Gasteiger partial charge in [0, 0.05) is 16.9 Å². The van der Waals surface area contributed by atoms with Crippen LogP contribution in [0, 0.1) is 0 Å². The quantitative estimate of drug-likeness (QED) is 0.863. The van der Waals surface area contributed by atoms with Crippen LogP contribution in [0.1, 0.15) is 0 Å². The Labute approximate surface area is 125 Å². The standard InChI is InChI=1S/C13H10Cl2N2OS/c14-9-2-1-3-11(6-9)17-12(18)8-19-13-5-4-10(15)7-16-13/h1-7H,8H2,(H,17,18). The highest BCUT2D eigenvalue weighted by Crippen LogP contribution is 2.18. The van der Waals surface area contributed by atoms with Gasteiger partial charge in [0.2, 0.25) is 5.91 Å². The summed E-state index contributed by atoms with van der Waals surface area (Å²) in [5.74, 6) is 0.172. The Morgan fingerprint density at radius 1 is 1.21 bits per heavy atom. The summed E-state index contributed by atoms with van der Waals surface area (Å²) in [5, 5.41) is 4.69. The molecule has 0 bridgehead atoms. The molecule has 0 saturated heterocycles. The zero-order chi connectivity index (χ0) is 13.7. The fraction of sp³-hybridized carbons (Fsp3) is 0.0769. The summed E-state index contributed by atoms with van der Waals surface area (Å²) in [6, 6.07) is 10.5. The zero-order valence-electron chi connectivity index (χ0n) is 9.77. The summed E-state index contributed by atoms with van der Waals surface area (Å²) in [6.07, 6.45) is 1.55. The molecular formula is C13H10Cl2N2OS. The number of hydrogen-bond acceptors (Lipinski definition) is 3. The van der Waals surface area contributed by atoms with Crippen LogP contribution in [0.15, 0.2) is 47.6 Å². The van der Waals surface area contributed by atoms with Crippen molar-refractivity contribution in [2.24, 2.45) is 0 Å². The van der Waals surface area contributed by atoms with E-state index in [2.05, 4.69) is 10.3 Å². The molecule has 1 heterocycles. The van der Waals surface area contributed by atoms with Crippen molar-refractivity contribution in [2.75, 3.05) is 11.1 Å². The number of aromatic nitrogens is 1. The summed E-state index contributed by atoms with van der Waals surface area (Å²) in [5.41, 5.74) is 0.683. The van der Waals surface area contributed by atoms with Crippen molar-refractivity contribution in [1.29, 1.82) is 0 Å². The Kier molecular flexibility index (Phi) is 5.07. The molecule has 1 amide bonds. The van der Waals surface area contributed by atoms with E-state index < -0.39 is 0 Å². The first-order valence-corrected chi connectivity index (χ1v) is 7.17. The van der Waals surface area contributed by atoms with Gasteiger partial charge in [0.25, 0.3) is 0 Å². The lowest BCUT2D eigenvalue weighted by Crippen LogP contribution is -2.13. The number of halogens is 2. The van der Waals surface area contributed by atoms with Crippen molar-refractivity contribution in [1.82, 2.24) is 4.98 Å². The van der Waals surface area contributed by atoms with Gasteiger partial charge in [0.05, 0.1) is 15.8 Å². The van der Waals surface area contributed by atoms with Crippen LogP contribution in [0.5, 0.6) is 0 Å². The van der Waals surface area contributed by atoms with Crippen LogP contribution in [0.25, 0.3) is 0 Å². The Balaban J connectivity index is 1.86. The van der Waals surface area contributed by atoms with Crippen molar-refractivity contribution in [2.45, 2.75) is 5.03 Å². The molecule has 0 unspecified atom stereocenters. The molecule has 98 valence electrons. The Morgan fingerprint density at radius 3 is 2.74 bits per heavy atom. The molecule has 0 atom stereocenters. The van der Waals surface area contributed by atoms with Crippen LogP contribution in [0.4, 0.5) is 5.69 Å². The van der Waals surface area contributed by atoms with Crippen molar-refractivity contribution in [3.8, 4) is 0 Å². The van der Waals surface area contributed by atoms with Crippen LogP contribution in [0.3, 0.4) is 0 Å². The minimum atomic E-state index is -0.107. The number of anilines is 1. The maximum absolute atomic E-state index is 11.7. The maximum atomic E-state index is 11.7. The summed E-state index contributed by atoms with van der Waals surface area (Å²) in [7, 11) is 0. The van der Waals surface area contributed by atoms with E-state index >= 15 is 0 Å². The van der Waals surface area contributed by atoms with E-state index in [1.54, 1.807) is 42.6 Å². The van der Waals surface area contributed by atoms with Crippen LogP contribution >= 0.6 is 35.0 Å². The second-order valence-electron chi connectivity index (χ2n) is 3.66. The summed E-state index contributed by atoms with van der Waals surface area (Å²) >= 11 is 12.9. The third-order valence-electron chi connectivity index (χ3n) is 2.16. The largest absolute Gasteiger partial charge is 0.325 e. The number of pyridine rings is 1. The monoisotopic (exact) mass is 312 g/mol. The molecule has 3 nitrogen and oxygen atoms in total. The molecule has 0 aliphatic carbocycles. The summed E-state index contributed by atoms with van der Waals surface area (Å²) in [6.45, 7) is 0. The first-order chi connectivity index (χ1) is 9.13. The predicted molar refractivity (Wildman–Crippen MR) is 80.1 cm³/mol. The summed E-state index contributed by atoms with van der Waals surface area (Å²) < 4.78 is 0.